The summed E-state index contributed by atoms with van der Waals surface area (Å²) in [5, 5.41) is 5.76. The number of hydrogen-bond donors (Lipinski definition) is 1. The van der Waals surface area contributed by atoms with Crippen LogP contribution < -0.4 is 5.32 Å². The molecule has 1 nitrogen and oxygen atoms in total. The first-order chi connectivity index (χ1) is 9.43. The number of hydrogen-bond acceptors (Lipinski definition) is 3. The van der Waals surface area contributed by atoms with Gasteiger partial charge < -0.3 is 5.32 Å². The topological polar surface area (TPSA) is 12.0 Å². The van der Waals surface area contributed by atoms with Crippen LogP contribution in [0.15, 0.2) is 44.8 Å². The molecule has 0 atom stereocenters. The van der Waals surface area contributed by atoms with Gasteiger partial charge in [0.25, 0.3) is 0 Å². The Morgan fingerprint density at radius 2 is 1.68 bits per heavy atom. The maximum absolute atomic E-state index is 3.53. The van der Waals surface area contributed by atoms with E-state index in [1.807, 2.05) is 23.1 Å². The van der Waals surface area contributed by atoms with E-state index in [2.05, 4.69) is 41.0 Å². The molecule has 0 saturated heterocycles. The molecule has 96 valence electrons. The van der Waals surface area contributed by atoms with Crippen LogP contribution in [-0.4, -0.2) is 13.1 Å². The molecule has 2 aliphatic heterocycles. The average Bonchev–Trinajstić information content (AvgIpc) is 2.70. The zero-order valence-electron chi connectivity index (χ0n) is 10.6. The van der Waals surface area contributed by atoms with Crippen molar-refractivity contribution in [3.63, 3.8) is 0 Å². The molecule has 3 heteroatoms. The molecule has 2 aliphatic rings. The van der Waals surface area contributed by atoms with Crippen LogP contribution in [0.4, 0.5) is 0 Å². The van der Waals surface area contributed by atoms with Crippen molar-refractivity contribution in [1.29, 1.82) is 0 Å². The lowest BCUT2D eigenvalue weighted by molar-refractivity contribution is 0.720. The molecule has 0 aliphatic carbocycles. The van der Waals surface area contributed by atoms with Gasteiger partial charge in [-0.15, -0.1) is 11.3 Å². The largest absolute Gasteiger partial charge is 0.316 e. The molecule has 0 unspecified atom stereocenters. The molecular weight excluding hydrogens is 270 g/mol. The third kappa shape index (κ3) is 1.97. The van der Waals surface area contributed by atoms with E-state index in [0.29, 0.717) is 0 Å². The standard InChI is InChI=1S/C16H15NS2/c1-2-4-15-13(3-1)11-5-8-17-9-6-12(11)14-7-10-18-16(14)19-15/h1-4,7,10,17H,5-6,8-9H2. The number of fused-ring (bicyclic) bond motifs is 4. The summed E-state index contributed by atoms with van der Waals surface area (Å²) in [6.07, 6.45) is 2.29. The highest BCUT2D eigenvalue weighted by atomic mass is 32.2. The molecule has 2 aromatic rings. The van der Waals surface area contributed by atoms with Crippen molar-refractivity contribution in [3.05, 3.63) is 46.8 Å². The Hall–Kier alpha value is -1.03. The summed E-state index contributed by atoms with van der Waals surface area (Å²) in [5.74, 6) is 0. The van der Waals surface area contributed by atoms with Gasteiger partial charge in [0.15, 0.2) is 0 Å². The van der Waals surface area contributed by atoms with Gasteiger partial charge >= 0.3 is 0 Å². The second-order valence-electron chi connectivity index (χ2n) is 4.93. The summed E-state index contributed by atoms with van der Waals surface area (Å²) >= 11 is 3.81. The van der Waals surface area contributed by atoms with E-state index in [4.69, 9.17) is 0 Å². The Bertz CT molecular complexity index is 654. The lowest BCUT2D eigenvalue weighted by Crippen LogP contribution is -2.14. The molecule has 0 amide bonds. The van der Waals surface area contributed by atoms with Crippen LogP contribution in [0.3, 0.4) is 0 Å². The smallest absolute Gasteiger partial charge is 0.0721 e. The summed E-state index contributed by atoms with van der Waals surface area (Å²) in [6.45, 7) is 2.19. The van der Waals surface area contributed by atoms with Crippen LogP contribution in [0, 0.1) is 0 Å². The number of rotatable bonds is 0. The van der Waals surface area contributed by atoms with Crippen molar-refractivity contribution in [1.82, 2.24) is 5.32 Å². The highest BCUT2D eigenvalue weighted by molar-refractivity contribution is 8.01. The Morgan fingerprint density at radius 3 is 2.58 bits per heavy atom. The van der Waals surface area contributed by atoms with Crippen LogP contribution in [0.2, 0.25) is 0 Å². The lowest BCUT2D eigenvalue weighted by Gasteiger charge is -2.11. The van der Waals surface area contributed by atoms with Gasteiger partial charge in [0.1, 0.15) is 0 Å². The van der Waals surface area contributed by atoms with Gasteiger partial charge in [-0.2, -0.15) is 0 Å². The molecule has 3 heterocycles. The highest BCUT2D eigenvalue weighted by Crippen LogP contribution is 2.48. The van der Waals surface area contributed by atoms with Gasteiger partial charge in [-0.05, 0) is 60.2 Å². The first-order valence-corrected chi connectivity index (χ1v) is 8.41. The highest BCUT2D eigenvalue weighted by Gasteiger charge is 2.23. The van der Waals surface area contributed by atoms with E-state index in [0.717, 1.165) is 25.9 Å². The maximum Gasteiger partial charge on any atom is 0.0721 e. The van der Waals surface area contributed by atoms with Crippen molar-refractivity contribution in [2.75, 3.05) is 13.1 Å². The van der Waals surface area contributed by atoms with Gasteiger partial charge in [0.05, 0.1) is 4.21 Å². The zero-order valence-corrected chi connectivity index (χ0v) is 12.2. The minimum absolute atomic E-state index is 1.09. The molecule has 0 saturated carbocycles. The average molecular weight is 285 g/mol. The van der Waals surface area contributed by atoms with Gasteiger partial charge in [-0.3, -0.25) is 0 Å². The monoisotopic (exact) mass is 285 g/mol. The summed E-state index contributed by atoms with van der Waals surface area (Å²) in [4.78, 5) is 1.41. The van der Waals surface area contributed by atoms with E-state index >= 15 is 0 Å². The molecule has 0 bridgehead atoms. The molecular formula is C16H15NS2. The minimum Gasteiger partial charge on any atom is -0.316 e. The fraction of sp³-hybridized carbons (Fsp3) is 0.250. The van der Waals surface area contributed by atoms with Crippen molar-refractivity contribution in [2.45, 2.75) is 21.9 Å². The molecule has 0 spiro atoms. The minimum atomic E-state index is 1.09. The molecule has 1 aromatic heterocycles. The van der Waals surface area contributed by atoms with E-state index in [1.54, 1.807) is 11.1 Å². The first kappa shape index (κ1) is 11.8. The van der Waals surface area contributed by atoms with E-state index in [-0.39, 0.29) is 0 Å². The molecule has 19 heavy (non-hydrogen) atoms. The molecule has 1 aromatic carbocycles. The lowest BCUT2D eigenvalue weighted by atomic mass is 9.93. The second kappa shape index (κ2) is 4.82. The van der Waals surface area contributed by atoms with Crippen LogP contribution in [0.1, 0.15) is 24.0 Å². The Morgan fingerprint density at radius 1 is 0.895 bits per heavy atom. The Kier molecular flexibility index (Phi) is 2.98. The molecule has 0 radical (unpaired) electrons. The van der Waals surface area contributed by atoms with Crippen LogP contribution in [0.5, 0.6) is 0 Å². The van der Waals surface area contributed by atoms with Gasteiger partial charge in [0.2, 0.25) is 0 Å². The molecule has 4 rings (SSSR count). The predicted octanol–water partition coefficient (Wildman–Crippen LogP) is 4.51. The Labute approximate surface area is 121 Å². The van der Waals surface area contributed by atoms with Crippen molar-refractivity contribution in [3.8, 4) is 0 Å². The third-order valence-corrected chi connectivity index (χ3v) is 6.06. The van der Waals surface area contributed by atoms with Crippen LogP contribution in [0.25, 0.3) is 11.1 Å². The van der Waals surface area contributed by atoms with Gasteiger partial charge in [-0.1, -0.05) is 30.0 Å². The first-order valence-electron chi connectivity index (χ1n) is 6.71. The zero-order chi connectivity index (χ0) is 12.7. The molecule has 0 fully saturated rings. The number of nitrogens with one attached hydrogen (secondary N) is 1. The fourth-order valence-electron chi connectivity index (χ4n) is 2.95. The van der Waals surface area contributed by atoms with Gasteiger partial charge in [-0.25, -0.2) is 0 Å². The van der Waals surface area contributed by atoms with Gasteiger partial charge in [0, 0.05) is 10.5 Å². The predicted molar refractivity (Wildman–Crippen MR) is 83.8 cm³/mol. The normalized spacial score (nSPS) is 18.1. The third-order valence-electron chi connectivity index (χ3n) is 3.84. The van der Waals surface area contributed by atoms with Crippen LogP contribution in [-0.2, 0) is 0 Å². The van der Waals surface area contributed by atoms with E-state index in [1.165, 1.54) is 20.2 Å². The van der Waals surface area contributed by atoms with Crippen molar-refractivity contribution in [2.24, 2.45) is 0 Å². The second-order valence-corrected chi connectivity index (χ2v) is 7.15. The van der Waals surface area contributed by atoms with Crippen LogP contribution >= 0.6 is 23.1 Å². The Balaban J connectivity index is 2.00. The fourth-order valence-corrected chi connectivity index (χ4v) is 5.17. The van der Waals surface area contributed by atoms with Crippen molar-refractivity contribution >= 4 is 34.2 Å². The molecule has 1 N–H and O–H groups in total. The SMILES string of the molecule is c1ccc2c(c1)Sc1sccc1C1=C2CCNCC1. The summed E-state index contributed by atoms with van der Waals surface area (Å²) in [6, 6.07) is 11.2. The van der Waals surface area contributed by atoms with Crippen molar-refractivity contribution < 1.29 is 0 Å². The maximum atomic E-state index is 3.53. The quantitative estimate of drug-likeness (QED) is 0.764. The number of benzene rings is 1. The van der Waals surface area contributed by atoms with E-state index in [9.17, 15) is 0 Å². The summed E-state index contributed by atoms with van der Waals surface area (Å²) < 4.78 is 1.46. The summed E-state index contributed by atoms with van der Waals surface area (Å²) in [5.41, 5.74) is 6.06. The summed E-state index contributed by atoms with van der Waals surface area (Å²) in [7, 11) is 0. The van der Waals surface area contributed by atoms with E-state index < -0.39 is 0 Å². The number of thiophene rings is 1.